The lowest BCUT2D eigenvalue weighted by Gasteiger charge is -2.27. The summed E-state index contributed by atoms with van der Waals surface area (Å²) in [5, 5.41) is 29.8. The van der Waals surface area contributed by atoms with Crippen LogP contribution in [0.25, 0.3) is 0 Å². The molecule has 11 heteroatoms. The maximum atomic E-state index is 11.4. The Balaban J connectivity index is 1.61. The molecular formula is C21H29N7O4. The number of carbonyl (C=O) groups excluding carboxylic acids is 1. The molecule has 1 aliphatic rings. The highest BCUT2D eigenvalue weighted by molar-refractivity contribution is 5.78. The molecule has 172 valence electrons. The van der Waals surface area contributed by atoms with Crippen LogP contribution in [0.15, 0.2) is 30.5 Å². The molecule has 1 aliphatic carbocycles. The van der Waals surface area contributed by atoms with Gasteiger partial charge in [0.05, 0.1) is 11.5 Å². The lowest BCUT2D eigenvalue weighted by atomic mass is 9.82. The molecule has 2 aromatic rings. The van der Waals surface area contributed by atoms with Crippen LogP contribution in [0, 0.1) is 22.0 Å². The van der Waals surface area contributed by atoms with Gasteiger partial charge in [-0.3, -0.25) is 14.9 Å². The lowest BCUT2D eigenvalue weighted by Crippen LogP contribution is -2.23. The topological polar surface area (TPSA) is 168 Å². The number of nitrogens with two attached hydrogens (primary N) is 1. The summed E-state index contributed by atoms with van der Waals surface area (Å²) in [6.45, 7) is 1.24. The Morgan fingerprint density at radius 1 is 1.19 bits per heavy atom. The van der Waals surface area contributed by atoms with E-state index in [9.17, 15) is 20.0 Å². The van der Waals surface area contributed by atoms with Crippen molar-refractivity contribution in [1.82, 2.24) is 9.97 Å². The lowest BCUT2D eigenvalue weighted by molar-refractivity contribution is -0.384. The van der Waals surface area contributed by atoms with Gasteiger partial charge in [-0.2, -0.15) is 4.98 Å². The quantitative estimate of drug-likeness (QED) is 0.258. The SMILES string of the molecule is NC(=O)CNc1cccc(CNc2ncc([N+](=O)[O-])c(NC[C@H]3CC[C@H](CO)CC3)n2)c1. The number of aliphatic hydroxyl groups is 1. The molecule has 6 N–H and O–H groups in total. The van der Waals surface area contributed by atoms with Gasteiger partial charge in [0.1, 0.15) is 6.20 Å². The average molecular weight is 444 g/mol. The number of primary amides is 1. The molecule has 0 radical (unpaired) electrons. The zero-order valence-electron chi connectivity index (χ0n) is 17.8. The second kappa shape index (κ2) is 11.2. The normalized spacial score (nSPS) is 18.0. The van der Waals surface area contributed by atoms with Gasteiger partial charge in [-0.1, -0.05) is 12.1 Å². The number of amides is 1. The number of carbonyl (C=O) groups is 1. The first-order chi connectivity index (χ1) is 15.4. The second-order valence-corrected chi connectivity index (χ2v) is 8.01. The van der Waals surface area contributed by atoms with Gasteiger partial charge in [-0.25, -0.2) is 4.98 Å². The van der Waals surface area contributed by atoms with Gasteiger partial charge in [0.15, 0.2) is 0 Å². The molecule has 11 nitrogen and oxygen atoms in total. The Morgan fingerprint density at radius 2 is 1.94 bits per heavy atom. The molecule has 0 saturated heterocycles. The van der Waals surface area contributed by atoms with E-state index in [2.05, 4.69) is 25.9 Å². The van der Waals surface area contributed by atoms with Gasteiger partial charge in [0.2, 0.25) is 17.7 Å². The fourth-order valence-corrected chi connectivity index (χ4v) is 3.75. The van der Waals surface area contributed by atoms with Crippen molar-refractivity contribution >= 4 is 29.0 Å². The van der Waals surface area contributed by atoms with E-state index in [0.717, 1.165) is 36.9 Å². The molecule has 1 heterocycles. The largest absolute Gasteiger partial charge is 0.396 e. The highest BCUT2D eigenvalue weighted by Gasteiger charge is 2.23. The Bertz CT molecular complexity index is 932. The number of nitro groups is 1. The van der Waals surface area contributed by atoms with Crippen molar-refractivity contribution in [3.8, 4) is 0 Å². The fraction of sp³-hybridized carbons (Fsp3) is 0.476. The second-order valence-electron chi connectivity index (χ2n) is 8.01. The van der Waals surface area contributed by atoms with Crippen LogP contribution < -0.4 is 21.7 Å². The van der Waals surface area contributed by atoms with E-state index < -0.39 is 10.8 Å². The first-order valence-electron chi connectivity index (χ1n) is 10.7. The Labute approximate surface area is 186 Å². The summed E-state index contributed by atoms with van der Waals surface area (Å²) in [5.41, 5.74) is 6.65. The first kappa shape index (κ1) is 23.2. The van der Waals surface area contributed by atoms with Crippen LogP contribution in [-0.4, -0.2) is 45.6 Å². The number of hydrogen-bond donors (Lipinski definition) is 5. The van der Waals surface area contributed by atoms with E-state index in [4.69, 9.17) is 5.73 Å². The number of nitrogens with zero attached hydrogens (tertiary/aromatic N) is 3. The molecule has 1 saturated carbocycles. The van der Waals surface area contributed by atoms with Gasteiger partial charge in [-0.15, -0.1) is 0 Å². The van der Waals surface area contributed by atoms with E-state index in [-0.39, 0.29) is 30.6 Å². The average Bonchev–Trinajstić information content (AvgIpc) is 2.80. The predicted molar refractivity (Wildman–Crippen MR) is 121 cm³/mol. The summed E-state index contributed by atoms with van der Waals surface area (Å²) in [6, 6.07) is 7.43. The third-order valence-corrected chi connectivity index (χ3v) is 5.59. The fourth-order valence-electron chi connectivity index (χ4n) is 3.75. The standard InChI is InChI=1S/C21H29N7O4/c22-19(30)12-23-17-3-1-2-16(8-17)10-25-21-26-11-18(28(31)32)20(27-21)24-9-14-4-6-15(13-29)7-5-14/h1-3,8,11,14-15,23,29H,4-7,9-10,12-13H2,(H2,22,30)(H2,24,25,26,27)/t14-,15-. The van der Waals surface area contributed by atoms with Crippen LogP contribution in [0.4, 0.5) is 23.1 Å². The Morgan fingerprint density at radius 3 is 2.62 bits per heavy atom. The van der Waals surface area contributed by atoms with Crippen LogP contribution in [0.3, 0.4) is 0 Å². The van der Waals surface area contributed by atoms with Crippen LogP contribution >= 0.6 is 0 Å². The van der Waals surface area contributed by atoms with Crippen molar-refractivity contribution < 1.29 is 14.8 Å². The van der Waals surface area contributed by atoms with E-state index in [0.29, 0.717) is 24.9 Å². The number of nitrogens with one attached hydrogen (secondary N) is 3. The summed E-state index contributed by atoms with van der Waals surface area (Å²) in [7, 11) is 0. The molecular weight excluding hydrogens is 414 g/mol. The number of anilines is 3. The molecule has 1 aromatic carbocycles. The van der Waals surface area contributed by atoms with E-state index in [1.165, 1.54) is 6.20 Å². The summed E-state index contributed by atoms with van der Waals surface area (Å²) in [5.74, 6) is 0.764. The van der Waals surface area contributed by atoms with Crippen LogP contribution in [0.1, 0.15) is 31.2 Å². The molecule has 1 fully saturated rings. The van der Waals surface area contributed by atoms with Gasteiger partial charge in [-0.05, 0) is 55.2 Å². The predicted octanol–water partition coefficient (Wildman–Crippen LogP) is 2.10. The molecule has 0 atom stereocenters. The monoisotopic (exact) mass is 443 g/mol. The molecule has 0 aliphatic heterocycles. The Kier molecular flexibility index (Phi) is 8.14. The summed E-state index contributed by atoms with van der Waals surface area (Å²) in [4.78, 5) is 30.2. The van der Waals surface area contributed by atoms with Crippen LogP contribution in [0.5, 0.6) is 0 Å². The van der Waals surface area contributed by atoms with Crippen molar-refractivity contribution in [2.75, 3.05) is 35.6 Å². The summed E-state index contributed by atoms with van der Waals surface area (Å²) in [6.07, 6.45) is 5.08. The number of hydrogen-bond acceptors (Lipinski definition) is 9. The van der Waals surface area contributed by atoms with Gasteiger partial charge >= 0.3 is 5.69 Å². The molecule has 1 amide bonds. The summed E-state index contributed by atoms with van der Waals surface area (Å²) < 4.78 is 0. The smallest absolute Gasteiger partial charge is 0.329 e. The highest BCUT2D eigenvalue weighted by atomic mass is 16.6. The zero-order chi connectivity index (χ0) is 22.9. The van der Waals surface area contributed by atoms with Crippen LogP contribution in [-0.2, 0) is 11.3 Å². The Hall–Kier alpha value is -3.47. The molecule has 3 rings (SSSR count). The maximum Gasteiger partial charge on any atom is 0.329 e. The molecule has 0 unspecified atom stereocenters. The maximum absolute atomic E-state index is 11.4. The molecule has 1 aromatic heterocycles. The minimum atomic E-state index is -0.497. The van der Waals surface area contributed by atoms with E-state index >= 15 is 0 Å². The van der Waals surface area contributed by atoms with E-state index in [1.54, 1.807) is 0 Å². The minimum Gasteiger partial charge on any atom is -0.396 e. The number of benzene rings is 1. The first-order valence-corrected chi connectivity index (χ1v) is 10.7. The highest BCUT2D eigenvalue weighted by Crippen LogP contribution is 2.29. The number of aliphatic hydroxyl groups excluding tert-OH is 1. The minimum absolute atomic E-state index is 0.0407. The summed E-state index contributed by atoms with van der Waals surface area (Å²) >= 11 is 0. The molecule has 0 bridgehead atoms. The number of rotatable bonds is 11. The third-order valence-electron chi connectivity index (χ3n) is 5.59. The van der Waals surface area contributed by atoms with Crippen molar-refractivity contribution in [2.24, 2.45) is 17.6 Å². The number of aromatic nitrogens is 2. The van der Waals surface area contributed by atoms with Crippen molar-refractivity contribution in [3.63, 3.8) is 0 Å². The van der Waals surface area contributed by atoms with Crippen LogP contribution in [0.2, 0.25) is 0 Å². The van der Waals surface area contributed by atoms with Crippen molar-refractivity contribution in [3.05, 3.63) is 46.1 Å². The van der Waals surface area contributed by atoms with Gasteiger partial charge in [0, 0.05) is 25.4 Å². The van der Waals surface area contributed by atoms with Gasteiger partial charge in [0.25, 0.3) is 0 Å². The van der Waals surface area contributed by atoms with E-state index in [1.807, 2.05) is 24.3 Å². The van der Waals surface area contributed by atoms with Crippen molar-refractivity contribution in [2.45, 2.75) is 32.2 Å². The molecule has 0 spiro atoms. The zero-order valence-corrected chi connectivity index (χ0v) is 17.8. The van der Waals surface area contributed by atoms with Crippen molar-refractivity contribution in [1.29, 1.82) is 0 Å². The van der Waals surface area contributed by atoms with Gasteiger partial charge < -0.3 is 26.8 Å². The third kappa shape index (κ3) is 6.77. The molecule has 32 heavy (non-hydrogen) atoms.